The number of ether oxygens (including phenoxy) is 6. The number of nitrogen functional groups attached to an aromatic ring is 3. The summed E-state index contributed by atoms with van der Waals surface area (Å²) in [5.74, 6) is 5.71. The molecule has 426 valence electrons. The molecule has 27 heteroatoms. The first-order valence-electron chi connectivity index (χ1n) is 25.7. The van der Waals surface area contributed by atoms with Crippen molar-refractivity contribution in [2.75, 3.05) is 37.6 Å². The van der Waals surface area contributed by atoms with E-state index in [0.717, 1.165) is 128 Å². The number of fused-ring (bicyclic) bond motifs is 6. The molecule has 18 nitrogen and oxygen atoms in total. The van der Waals surface area contributed by atoms with Crippen molar-refractivity contribution in [1.29, 1.82) is 0 Å². The number of anilines is 3. The van der Waals surface area contributed by atoms with Crippen molar-refractivity contribution in [2.24, 2.45) is 0 Å². The first-order chi connectivity index (χ1) is 41.1. The maximum Gasteiger partial charge on any atom is 0.231 e. The number of nitrogens with zero attached hydrogens (tertiary/aromatic N) is 9. The van der Waals surface area contributed by atoms with Crippen molar-refractivity contribution < 1.29 is 28.4 Å². The minimum absolute atomic E-state index is 0.209. The predicted octanol–water partition coefficient (Wildman–Crippen LogP) is 14.6. The first kappa shape index (κ1) is 56.5. The van der Waals surface area contributed by atoms with Gasteiger partial charge in [-0.2, -0.15) is 34.0 Å². The quantitative estimate of drug-likeness (QED) is 0.0811. The molecule has 12 heterocycles. The lowest BCUT2D eigenvalue weighted by atomic mass is 10.2. The maximum absolute atomic E-state index is 6.47. The SMILES string of the molecule is Nc1nccc2c1nc(Sc1cc3c(cc1Br)OCO3)n2CCc1ccsc1.Nc1nccc2c1nc(Sc1cc3c(cc1Cl)OCO3)n2CCc1ccsc1.Nc1nccc2c1nc(Sc1cc3c(cc1I)OCO3)n2CCc1ccsc1. The standard InChI is InChI=1S/C19H15BrN4O2S2.C19H15ClN4O2S2.C19H15IN4O2S2/c3*20-12-7-14-15(26-10-25-14)8-16(12)28-19-23-17-13(1-4-22-18(17)21)24(19)5-2-11-3-6-27-9-11/h3*1,3-4,6-9H,2,5,10H2,(H2,21,22). The normalized spacial score (nSPS) is 12.8. The lowest BCUT2D eigenvalue weighted by Gasteiger charge is -2.10. The first-order valence-corrected chi connectivity index (χ1v) is 33.3. The van der Waals surface area contributed by atoms with Crippen molar-refractivity contribution >= 4 is 170 Å². The molecule has 84 heavy (non-hydrogen) atoms. The Bertz CT molecular complexity index is 3920. The van der Waals surface area contributed by atoms with E-state index in [1.165, 1.54) is 28.5 Å². The van der Waals surface area contributed by atoms with Gasteiger partial charge in [-0.1, -0.05) is 35.1 Å². The molecule has 0 aliphatic carbocycles. The fraction of sp³-hybridized carbons (Fsp3) is 0.158. The molecule has 9 aromatic heterocycles. The van der Waals surface area contributed by atoms with Gasteiger partial charge in [-0.3, -0.25) is 0 Å². The van der Waals surface area contributed by atoms with Gasteiger partial charge in [0.05, 0.1) is 21.6 Å². The highest BCUT2D eigenvalue weighted by molar-refractivity contribution is 14.1. The molecular weight excluding hydrogens is 1380 g/mol. The van der Waals surface area contributed by atoms with E-state index in [1.54, 1.807) is 82.2 Å². The number of hydrogen-bond donors (Lipinski definition) is 3. The van der Waals surface area contributed by atoms with Crippen LogP contribution in [0.1, 0.15) is 16.7 Å². The smallest absolute Gasteiger partial charge is 0.231 e. The van der Waals surface area contributed by atoms with E-state index in [1.807, 2.05) is 48.5 Å². The molecule has 3 aliphatic heterocycles. The van der Waals surface area contributed by atoms with Crippen LogP contribution in [-0.2, 0) is 38.9 Å². The zero-order chi connectivity index (χ0) is 57.3. The van der Waals surface area contributed by atoms with Crippen LogP contribution < -0.4 is 45.6 Å². The van der Waals surface area contributed by atoms with Gasteiger partial charge in [0.25, 0.3) is 0 Å². The summed E-state index contributed by atoms with van der Waals surface area (Å²) in [6.07, 6.45) is 7.93. The summed E-state index contributed by atoms with van der Waals surface area (Å²) < 4.78 is 41.5. The lowest BCUT2D eigenvalue weighted by molar-refractivity contribution is 0.173. The minimum Gasteiger partial charge on any atom is -0.454 e. The molecule has 3 aromatic carbocycles. The number of benzene rings is 3. The molecule has 15 rings (SSSR count). The highest BCUT2D eigenvalue weighted by Gasteiger charge is 2.24. The number of rotatable bonds is 15. The molecule has 12 aromatic rings. The van der Waals surface area contributed by atoms with Gasteiger partial charge in [-0.15, -0.1) is 0 Å². The van der Waals surface area contributed by atoms with Gasteiger partial charge in [0, 0.05) is 67.0 Å². The van der Waals surface area contributed by atoms with Gasteiger partial charge in [-0.05, 0) is 185 Å². The van der Waals surface area contributed by atoms with Crippen LogP contribution in [0.3, 0.4) is 0 Å². The second-order valence-corrected chi connectivity index (χ2v) is 26.5. The van der Waals surface area contributed by atoms with Crippen LogP contribution in [0.2, 0.25) is 5.02 Å². The summed E-state index contributed by atoms with van der Waals surface area (Å²) in [6, 6.07) is 23.9. The number of aromatic nitrogens is 9. The van der Waals surface area contributed by atoms with Gasteiger partial charge in [0.1, 0.15) is 16.6 Å². The monoisotopic (exact) mass is 1430 g/mol. The van der Waals surface area contributed by atoms with Crippen molar-refractivity contribution in [2.45, 2.75) is 69.1 Å². The Balaban J connectivity index is 0.000000118. The molecular formula is C57H45BrClIN12O6S6. The Morgan fingerprint density at radius 2 is 0.845 bits per heavy atom. The summed E-state index contributed by atoms with van der Waals surface area (Å²) >= 11 is 22.2. The second kappa shape index (κ2) is 25.1. The Morgan fingerprint density at radius 3 is 1.26 bits per heavy atom. The van der Waals surface area contributed by atoms with E-state index in [2.05, 4.69) is 118 Å². The number of thiophene rings is 3. The zero-order valence-electron chi connectivity index (χ0n) is 43.8. The topological polar surface area (TPSA) is 226 Å². The van der Waals surface area contributed by atoms with Crippen molar-refractivity contribution in [3.05, 3.63) is 153 Å². The maximum atomic E-state index is 6.47. The summed E-state index contributed by atoms with van der Waals surface area (Å²) in [7, 11) is 0. The van der Waals surface area contributed by atoms with Gasteiger partial charge < -0.3 is 59.3 Å². The average molecular weight is 1430 g/mol. The number of pyridine rings is 3. The molecule has 6 N–H and O–H groups in total. The van der Waals surface area contributed by atoms with Crippen LogP contribution in [-0.4, -0.2) is 64.0 Å². The van der Waals surface area contributed by atoms with Crippen molar-refractivity contribution in [3.8, 4) is 34.5 Å². The Hall–Kier alpha value is -6.63. The van der Waals surface area contributed by atoms with Gasteiger partial charge in [0.2, 0.25) is 20.4 Å². The van der Waals surface area contributed by atoms with Gasteiger partial charge in [-0.25, -0.2) is 29.9 Å². The number of halogens is 3. The van der Waals surface area contributed by atoms with E-state index >= 15 is 0 Å². The van der Waals surface area contributed by atoms with Crippen LogP contribution in [0.4, 0.5) is 17.5 Å². The molecule has 0 saturated heterocycles. The van der Waals surface area contributed by atoms with Crippen LogP contribution in [0.15, 0.2) is 158 Å². The van der Waals surface area contributed by atoms with E-state index in [4.69, 9.17) is 72.2 Å². The van der Waals surface area contributed by atoms with E-state index in [0.29, 0.717) is 39.5 Å². The third-order valence-corrected chi connectivity index (χ3v) is 21.4. The van der Waals surface area contributed by atoms with Gasteiger partial charge >= 0.3 is 0 Å². The molecule has 0 radical (unpaired) electrons. The Labute approximate surface area is 531 Å². The van der Waals surface area contributed by atoms with Crippen LogP contribution in [0.25, 0.3) is 33.1 Å². The molecule has 0 spiro atoms. The third-order valence-electron chi connectivity index (χ3n) is 13.5. The molecule has 0 saturated carbocycles. The Morgan fingerprint density at radius 1 is 0.488 bits per heavy atom. The Kier molecular flexibility index (Phi) is 16.9. The lowest BCUT2D eigenvalue weighted by Crippen LogP contribution is -2.03. The fourth-order valence-corrected chi connectivity index (χ4v) is 15.9. The molecule has 3 aliphatic rings. The molecule has 0 amide bonds. The summed E-state index contributed by atoms with van der Waals surface area (Å²) in [6.45, 7) is 3.13. The van der Waals surface area contributed by atoms with Crippen molar-refractivity contribution in [3.63, 3.8) is 0 Å². The minimum atomic E-state index is 0.209. The number of aryl methyl sites for hydroxylation is 6. The van der Waals surface area contributed by atoms with Crippen molar-refractivity contribution in [1.82, 2.24) is 43.6 Å². The third kappa shape index (κ3) is 12.1. The predicted molar refractivity (Wildman–Crippen MR) is 345 cm³/mol. The fourth-order valence-electron chi connectivity index (χ4n) is 9.29. The summed E-state index contributed by atoms with van der Waals surface area (Å²) in [4.78, 5) is 29.8. The van der Waals surface area contributed by atoms with E-state index in [9.17, 15) is 0 Å². The molecule has 0 unspecified atom stereocenters. The largest absolute Gasteiger partial charge is 0.454 e. The van der Waals surface area contributed by atoms with E-state index < -0.39 is 0 Å². The van der Waals surface area contributed by atoms with Crippen LogP contribution >= 0.6 is 119 Å². The molecule has 0 bridgehead atoms. The summed E-state index contributed by atoms with van der Waals surface area (Å²) in [5.41, 5.74) is 27.3. The zero-order valence-corrected chi connectivity index (χ0v) is 53.2. The van der Waals surface area contributed by atoms with Crippen LogP contribution in [0.5, 0.6) is 34.5 Å². The average Bonchev–Trinajstić information content (AvgIpc) is 4.28. The number of hydrogen-bond acceptors (Lipinski definition) is 21. The second-order valence-electron chi connectivity index (χ2n) is 18.7. The highest BCUT2D eigenvalue weighted by atomic mass is 127. The van der Waals surface area contributed by atoms with E-state index in [-0.39, 0.29) is 20.4 Å². The highest BCUT2D eigenvalue weighted by Crippen LogP contribution is 2.46. The summed E-state index contributed by atoms with van der Waals surface area (Å²) in [5, 5.41) is 16.0. The molecule has 0 atom stereocenters. The number of imidazole rings is 3. The number of nitrogens with two attached hydrogens (primary N) is 3. The molecule has 0 fully saturated rings. The van der Waals surface area contributed by atoms with Crippen LogP contribution in [0, 0.1) is 3.57 Å². The van der Waals surface area contributed by atoms with Gasteiger partial charge in [0.15, 0.2) is 67.4 Å².